The summed E-state index contributed by atoms with van der Waals surface area (Å²) >= 11 is 0. The summed E-state index contributed by atoms with van der Waals surface area (Å²) in [5.41, 5.74) is -0.321. The molecule has 1 aliphatic rings. The Morgan fingerprint density at radius 2 is 1.40 bits per heavy atom. The Bertz CT molecular complexity index is 75.7. The smallest absolute Gasteiger partial charge is 0.0619 e. The van der Waals surface area contributed by atoms with Gasteiger partial charge in [0, 0.05) is 0 Å². The maximum absolute atomic E-state index is 9.37. The summed E-state index contributed by atoms with van der Waals surface area (Å²) in [6, 6.07) is 0. The molecule has 64 valence electrons. The standard InChI is InChI=1S/C7H14O.2ClH/c1-7(8)5-3-2-4-6-7;;/h8H,2-6H2,1H3;2*1H. The van der Waals surface area contributed by atoms with E-state index < -0.39 is 0 Å². The second-order valence-electron chi connectivity index (χ2n) is 3.06. The van der Waals surface area contributed by atoms with Crippen molar-refractivity contribution < 1.29 is 5.11 Å². The summed E-state index contributed by atoms with van der Waals surface area (Å²) in [4.78, 5) is 0. The second kappa shape index (κ2) is 5.22. The monoisotopic (exact) mass is 186 g/mol. The minimum absolute atomic E-state index is 0. The van der Waals surface area contributed by atoms with E-state index in [0.717, 1.165) is 12.8 Å². The first kappa shape index (κ1) is 13.2. The van der Waals surface area contributed by atoms with Crippen LogP contribution >= 0.6 is 24.8 Å². The fourth-order valence-electron chi connectivity index (χ4n) is 1.31. The highest BCUT2D eigenvalue weighted by Crippen LogP contribution is 2.26. The van der Waals surface area contributed by atoms with Crippen molar-refractivity contribution in [3.63, 3.8) is 0 Å². The van der Waals surface area contributed by atoms with E-state index >= 15 is 0 Å². The van der Waals surface area contributed by atoms with E-state index in [-0.39, 0.29) is 30.4 Å². The van der Waals surface area contributed by atoms with Crippen LogP contribution in [-0.2, 0) is 0 Å². The lowest BCUT2D eigenvalue weighted by atomic mass is 9.87. The van der Waals surface area contributed by atoms with Crippen LogP contribution in [0.5, 0.6) is 0 Å². The molecule has 10 heavy (non-hydrogen) atoms. The summed E-state index contributed by atoms with van der Waals surface area (Å²) in [7, 11) is 0. The fraction of sp³-hybridized carbons (Fsp3) is 1.00. The quantitative estimate of drug-likeness (QED) is 0.617. The van der Waals surface area contributed by atoms with Gasteiger partial charge in [0.15, 0.2) is 0 Å². The lowest BCUT2D eigenvalue weighted by Crippen LogP contribution is -2.26. The first-order chi connectivity index (χ1) is 3.71. The van der Waals surface area contributed by atoms with Crippen molar-refractivity contribution in [2.75, 3.05) is 0 Å². The van der Waals surface area contributed by atoms with Crippen molar-refractivity contribution >= 4 is 24.8 Å². The highest BCUT2D eigenvalue weighted by molar-refractivity contribution is 5.85. The molecule has 0 aromatic rings. The Morgan fingerprint density at radius 3 is 1.60 bits per heavy atom. The SMILES string of the molecule is CC1(O)CCCCC1.Cl.Cl. The summed E-state index contributed by atoms with van der Waals surface area (Å²) in [6.45, 7) is 1.94. The zero-order valence-corrected chi connectivity index (χ0v) is 7.93. The molecule has 1 rings (SSSR count). The van der Waals surface area contributed by atoms with E-state index in [0.29, 0.717) is 0 Å². The van der Waals surface area contributed by atoms with Gasteiger partial charge in [0.05, 0.1) is 5.60 Å². The first-order valence-electron chi connectivity index (χ1n) is 3.43. The average molecular weight is 187 g/mol. The molecule has 0 saturated heterocycles. The lowest BCUT2D eigenvalue weighted by Gasteiger charge is -2.27. The molecule has 0 atom stereocenters. The van der Waals surface area contributed by atoms with Crippen LogP contribution in [-0.4, -0.2) is 10.7 Å². The van der Waals surface area contributed by atoms with Gasteiger partial charge in [-0.3, -0.25) is 0 Å². The lowest BCUT2D eigenvalue weighted by molar-refractivity contribution is 0.0225. The van der Waals surface area contributed by atoms with Crippen molar-refractivity contribution in [1.82, 2.24) is 0 Å². The molecule has 0 spiro atoms. The van der Waals surface area contributed by atoms with Gasteiger partial charge >= 0.3 is 0 Å². The molecule has 1 N–H and O–H groups in total. The molecule has 0 aliphatic heterocycles. The van der Waals surface area contributed by atoms with Gasteiger partial charge in [-0.15, -0.1) is 24.8 Å². The molecule has 0 aromatic heterocycles. The molecule has 1 fully saturated rings. The maximum Gasteiger partial charge on any atom is 0.0619 e. The second-order valence-corrected chi connectivity index (χ2v) is 3.06. The van der Waals surface area contributed by atoms with Gasteiger partial charge in [-0.1, -0.05) is 19.3 Å². The van der Waals surface area contributed by atoms with E-state index in [1.54, 1.807) is 0 Å². The van der Waals surface area contributed by atoms with Gasteiger partial charge in [-0.25, -0.2) is 0 Å². The zero-order chi connectivity index (χ0) is 6.04. The summed E-state index contributed by atoms with van der Waals surface area (Å²) in [5, 5.41) is 9.37. The number of rotatable bonds is 0. The number of halogens is 2. The van der Waals surface area contributed by atoms with Crippen molar-refractivity contribution in [2.24, 2.45) is 0 Å². The first-order valence-corrected chi connectivity index (χ1v) is 3.43. The van der Waals surface area contributed by atoms with Gasteiger partial charge in [-0.05, 0) is 19.8 Å². The Hall–Kier alpha value is 0.540. The van der Waals surface area contributed by atoms with Crippen LogP contribution in [0.2, 0.25) is 0 Å². The molecule has 0 unspecified atom stereocenters. The van der Waals surface area contributed by atoms with Crippen LogP contribution in [0.15, 0.2) is 0 Å². The molecule has 0 radical (unpaired) electrons. The third-order valence-electron chi connectivity index (χ3n) is 1.93. The molecule has 0 amide bonds. The maximum atomic E-state index is 9.37. The molecular formula is C7H16Cl2O. The van der Waals surface area contributed by atoms with Gasteiger partial charge in [0.1, 0.15) is 0 Å². The number of hydrogen-bond acceptors (Lipinski definition) is 1. The van der Waals surface area contributed by atoms with Crippen LogP contribution in [0, 0.1) is 0 Å². The largest absolute Gasteiger partial charge is 0.390 e. The normalized spacial score (nSPS) is 22.2. The Balaban J connectivity index is 0. The van der Waals surface area contributed by atoms with Crippen LogP contribution in [0.3, 0.4) is 0 Å². The molecule has 0 heterocycles. The van der Waals surface area contributed by atoms with Crippen LogP contribution in [0.25, 0.3) is 0 Å². The highest BCUT2D eigenvalue weighted by atomic mass is 35.5. The highest BCUT2D eigenvalue weighted by Gasteiger charge is 2.22. The number of aliphatic hydroxyl groups is 1. The van der Waals surface area contributed by atoms with Crippen molar-refractivity contribution in [3.8, 4) is 0 Å². The topological polar surface area (TPSA) is 20.2 Å². The van der Waals surface area contributed by atoms with E-state index in [1.165, 1.54) is 19.3 Å². The van der Waals surface area contributed by atoms with Gasteiger partial charge in [-0.2, -0.15) is 0 Å². The van der Waals surface area contributed by atoms with Crippen LogP contribution < -0.4 is 0 Å². The van der Waals surface area contributed by atoms with Crippen molar-refractivity contribution in [2.45, 2.75) is 44.6 Å². The van der Waals surface area contributed by atoms with E-state index in [4.69, 9.17) is 0 Å². The predicted octanol–water partition coefficient (Wildman–Crippen LogP) is 2.55. The Kier molecular flexibility index (Phi) is 6.87. The third kappa shape index (κ3) is 4.37. The summed E-state index contributed by atoms with van der Waals surface area (Å²) < 4.78 is 0. The van der Waals surface area contributed by atoms with Gasteiger partial charge in [0.25, 0.3) is 0 Å². The van der Waals surface area contributed by atoms with Gasteiger partial charge < -0.3 is 5.11 Å². The molecule has 1 aliphatic carbocycles. The van der Waals surface area contributed by atoms with E-state index in [2.05, 4.69) is 0 Å². The summed E-state index contributed by atoms with van der Waals surface area (Å²) in [6.07, 6.45) is 5.76. The van der Waals surface area contributed by atoms with Gasteiger partial charge in [0.2, 0.25) is 0 Å². The van der Waals surface area contributed by atoms with Crippen molar-refractivity contribution in [1.29, 1.82) is 0 Å². The molecule has 3 heteroatoms. The Labute approximate surface area is 75.0 Å². The minimum atomic E-state index is -0.321. The van der Waals surface area contributed by atoms with E-state index in [1.807, 2.05) is 6.92 Å². The van der Waals surface area contributed by atoms with Crippen LogP contribution in [0.4, 0.5) is 0 Å². The minimum Gasteiger partial charge on any atom is -0.390 e. The molecule has 1 saturated carbocycles. The Morgan fingerprint density at radius 1 is 1.00 bits per heavy atom. The zero-order valence-electron chi connectivity index (χ0n) is 6.30. The molecule has 1 nitrogen and oxygen atoms in total. The predicted molar refractivity (Wildman–Crippen MR) is 48.2 cm³/mol. The molecule has 0 aromatic carbocycles. The fourth-order valence-corrected chi connectivity index (χ4v) is 1.31. The van der Waals surface area contributed by atoms with Crippen molar-refractivity contribution in [3.05, 3.63) is 0 Å². The average Bonchev–Trinajstić information content (AvgIpc) is 1.65. The van der Waals surface area contributed by atoms with E-state index in [9.17, 15) is 5.11 Å². The molecular weight excluding hydrogens is 171 g/mol. The third-order valence-corrected chi connectivity index (χ3v) is 1.93. The molecule has 0 bridgehead atoms. The number of hydrogen-bond donors (Lipinski definition) is 1. The van der Waals surface area contributed by atoms with Crippen LogP contribution in [0.1, 0.15) is 39.0 Å². The summed E-state index contributed by atoms with van der Waals surface area (Å²) in [5.74, 6) is 0.